The topological polar surface area (TPSA) is 93.7 Å². The fourth-order valence-electron chi connectivity index (χ4n) is 2.41. The monoisotopic (exact) mass is 386 g/mol. The molecule has 0 bridgehead atoms. The van der Waals surface area contributed by atoms with E-state index in [2.05, 4.69) is 10.6 Å². The fraction of sp³-hybridized carbons (Fsp3) is 0.211. The molecule has 1 saturated heterocycles. The highest BCUT2D eigenvalue weighted by atomic mass is 32.1. The van der Waals surface area contributed by atoms with E-state index in [9.17, 15) is 14.4 Å². The number of hydrogen-bond acceptors (Lipinski definition) is 7. The van der Waals surface area contributed by atoms with Crippen molar-refractivity contribution in [2.45, 2.75) is 26.2 Å². The average Bonchev–Trinajstić information content (AvgIpc) is 3.12. The number of hydrogen-bond donors (Lipinski definition) is 2. The summed E-state index contributed by atoms with van der Waals surface area (Å²) in [6, 6.07) is 10.6. The Kier molecular flexibility index (Phi) is 5.27. The van der Waals surface area contributed by atoms with Crippen LogP contribution in [0.2, 0.25) is 0 Å². The Labute approximate surface area is 160 Å². The lowest BCUT2D eigenvalue weighted by Gasteiger charge is -2.29. The van der Waals surface area contributed by atoms with Crippen molar-refractivity contribution in [3.8, 4) is 0 Å². The first-order valence-electron chi connectivity index (χ1n) is 8.19. The molecule has 0 unspecified atom stereocenters. The van der Waals surface area contributed by atoms with Gasteiger partial charge in [-0.25, -0.2) is 9.59 Å². The minimum Gasteiger partial charge on any atom is -0.419 e. The molecule has 1 amide bonds. The Hall–Kier alpha value is -3.13. The maximum Gasteiger partial charge on any atom is 0.350 e. The van der Waals surface area contributed by atoms with Gasteiger partial charge in [0.2, 0.25) is 0 Å². The number of carbonyl (C=O) groups excluding carboxylic acids is 3. The number of rotatable bonds is 5. The van der Waals surface area contributed by atoms with Crippen LogP contribution in [-0.2, 0) is 25.6 Å². The number of cyclic esters (lactones) is 2. The van der Waals surface area contributed by atoms with Crippen LogP contribution >= 0.6 is 11.3 Å². The number of benzene rings is 1. The van der Waals surface area contributed by atoms with Crippen molar-refractivity contribution in [2.75, 3.05) is 5.32 Å². The third kappa shape index (κ3) is 4.53. The molecule has 0 atom stereocenters. The van der Waals surface area contributed by atoms with E-state index in [1.165, 1.54) is 20.0 Å². The molecule has 2 N–H and O–H groups in total. The summed E-state index contributed by atoms with van der Waals surface area (Å²) in [7, 11) is 0. The Morgan fingerprint density at radius 2 is 1.81 bits per heavy atom. The first-order chi connectivity index (χ1) is 12.9. The lowest BCUT2D eigenvalue weighted by Crippen LogP contribution is -2.42. The van der Waals surface area contributed by atoms with E-state index in [0.29, 0.717) is 17.8 Å². The Bertz CT molecular complexity index is 881. The van der Waals surface area contributed by atoms with E-state index in [-0.39, 0.29) is 11.5 Å². The van der Waals surface area contributed by atoms with Crippen LogP contribution in [0.5, 0.6) is 0 Å². The highest BCUT2D eigenvalue weighted by Crippen LogP contribution is 2.23. The number of amides is 1. The van der Waals surface area contributed by atoms with Gasteiger partial charge in [-0.05, 0) is 23.6 Å². The molecule has 2 aromatic rings. The zero-order valence-electron chi connectivity index (χ0n) is 14.8. The molecule has 1 aliphatic rings. The maximum absolute atomic E-state index is 12.5. The molecule has 1 aromatic carbocycles. The minimum absolute atomic E-state index is 0.275. The van der Waals surface area contributed by atoms with Gasteiger partial charge < -0.3 is 20.1 Å². The van der Waals surface area contributed by atoms with Crippen LogP contribution in [0, 0.1) is 0 Å². The quantitative estimate of drug-likeness (QED) is 0.466. The van der Waals surface area contributed by atoms with Gasteiger partial charge >= 0.3 is 11.9 Å². The highest BCUT2D eigenvalue weighted by molar-refractivity contribution is 7.09. The number of esters is 2. The molecular weight excluding hydrogens is 368 g/mol. The third-order valence-electron chi connectivity index (χ3n) is 3.66. The normalized spacial score (nSPS) is 15.6. The summed E-state index contributed by atoms with van der Waals surface area (Å²) < 4.78 is 10.1. The van der Waals surface area contributed by atoms with Gasteiger partial charge in [0.25, 0.3) is 11.7 Å². The number of thiophene rings is 1. The zero-order valence-corrected chi connectivity index (χ0v) is 15.6. The van der Waals surface area contributed by atoms with Gasteiger partial charge in [-0.2, -0.15) is 0 Å². The van der Waals surface area contributed by atoms with E-state index in [1.807, 2.05) is 17.5 Å². The largest absolute Gasteiger partial charge is 0.419 e. The lowest BCUT2D eigenvalue weighted by molar-refractivity contribution is -0.222. The van der Waals surface area contributed by atoms with E-state index in [1.54, 1.807) is 35.6 Å². The molecule has 1 fully saturated rings. The molecule has 8 heteroatoms. The highest BCUT2D eigenvalue weighted by Gasteiger charge is 2.39. The third-order valence-corrected chi connectivity index (χ3v) is 4.54. The summed E-state index contributed by atoms with van der Waals surface area (Å²) in [4.78, 5) is 37.5. The van der Waals surface area contributed by atoms with Gasteiger partial charge in [0, 0.05) is 24.9 Å². The van der Waals surface area contributed by atoms with Gasteiger partial charge in [-0.1, -0.05) is 18.2 Å². The second-order valence-corrected chi connectivity index (χ2v) is 7.22. The molecule has 1 aliphatic heterocycles. The van der Waals surface area contributed by atoms with Crippen molar-refractivity contribution >= 4 is 34.9 Å². The maximum atomic E-state index is 12.5. The minimum atomic E-state index is -1.30. The molecule has 7 nitrogen and oxygen atoms in total. The van der Waals surface area contributed by atoms with Crippen LogP contribution in [0.15, 0.2) is 53.6 Å². The molecule has 27 heavy (non-hydrogen) atoms. The number of anilines is 1. The molecule has 0 aliphatic carbocycles. The first kappa shape index (κ1) is 18.7. The van der Waals surface area contributed by atoms with Gasteiger partial charge in [0.1, 0.15) is 0 Å². The van der Waals surface area contributed by atoms with Gasteiger partial charge in [-0.3, -0.25) is 4.79 Å². The summed E-state index contributed by atoms with van der Waals surface area (Å²) in [5.74, 6) is -3.16. The molecule has 0 radical (unpaired) electrons. The van der Waals surface area contributed by atoms with Gasteiger partial charge in [0.05, 0.1) is 17.8 Å². The van der Waals surface area contributed by atoms with Crippen LogP contribution in [0.4, 0.5) is 5.69 Å². The van der Waals surface area contributed by atoms with Crippen LogP contribution < -0.4 is 10.6 Å². The van der Waals surface area contributed by atoms with Crippen molar-refractivity contribution < 1.29 is 23.9 Å². The predicted octanol–water partition coefficient (Wildman–Crippen LogP) is 2.81. The first-order valence-corrected chi connectivity index (χ1v) is 9.07. The van der Waals surface area contributed by atoms with Crippen molar-refractivity contribution in [2.24, 2.45) is 0 Å². The van der Waals surface area contributed by atoms with E-state index in [4.69, 9.17) is 9.47 Å². The molecule has 0 spiro atoms. The van der Waals surface area contributed by atoms with Crippen LogP contribution in [0.3, 0.4) is 0 Å². The van der Waals surface area contributed by atoms with Crippen LogP contribution in [-0.4, -0.2) is 23.6 Å². The van der Waals surface area contributed by atoms with Gasteiger partial charge in [0.15, 0.2) is 5.57 Å². The molecule has 3 rings (SSSR count). The zero-order chi connectivity index (χ0) is 19.4. The smallest absolute Gasteiger partial charge is 0.350 e. The number of para-hydroxylation sites is 1. The average molecular weight is 386 g/mol. The summed E-state index contributed by atoms with van der Waals surface area (Å²) in [6.45, 7) is 3.36. The number of carbonyl (C=O) groups is 3. The van der Waals surface area contributed by atoms with E-state index in [0.717, 1.165) is 4.88 Å². The Balaban J connectivity index is 1.73. The summed E-state index contributed by atoms with van der Waals surface area (Å²) in [5.41, 5.74) is 0.547. The van der Waals surface area contributed by atoms with Crippen LogP contribution in [0.25, 0.3) is 0 Å². The number of ether oxygens (including phenoxy) is 2. The molecule has 140 valence electrons. The Morgan fingerprint density at radius 3 is 2.48 bits per heavy atom. The predicted molar refractivity (Wildman–Crippen MR) is 99.9 cm³/mol. The molecule has 2 heterocycles. The van der Waals surface area contributed by atoms with Crippen molar-refractivity contribution in [3.05, 3.63) is 64.0 Å². The summed E-state index contributed by atoms with van der Waals surface area (Å²) in [5, 5.41) is 7.60. The van der Waals surface area contributed by atoms with E-state index >= 15 is 0 Å². The SMILES string of the molecule is CC1(C)OC(=O)C(=CNc2ccccc2C(=O)NCc2cccs2)C(=O)O1. The molecule has 1 aromatic heterocycles. The summed E-state index contributed by atoms with van der Waals surface area (Å²) in [6.07, 6.45) is 1.19. The van der Waals surface area contributed by atoms with Crippen molar-refractivity contribution in [1.82, 2.24) is 5.32 Å². The second kappa shape index (κ2) is 7.63. The molecular formula is C19H18N2O5S. The van der Waals surface area contributed by atoms with Crippen molar-refractivity contribution in [3.63, 3.8) is 0 Å². The fourth-order valence-corrected chi connectivity index (χ4v) is 3.06. The van der Waals surface area contributed by atoms with Crippen molar-refractivity contribution in [1.29, 1.82) is 0 Å². The standard InChI is InChI=1S/C19H18N2O5S/c1-19(2)25-17(23)14(18(24)26-19)11-20-15-8-4-3-7-13(15)16(22)21-10-12-6-5-9-27-12/h3-9,11,20H,10H2,1-2H3,(H,21,22). The van der Waals surface area contributed by atoms with E-state index < -0.39 is 17.7 Å². The summed E-state index contributed by atoms with van der Waals surface area (Å²) >= 11 is 1.55. The van der Waals surface area contributed by atoms with Crippen LogP contribution in [0.1, 0.15) is 29.1 Å². The Morgan fingerprint density at radius 1 is 1.11 bits per heavy atom. The lowest BCUT2D eigenvalue weighted by atomic mass is 10.1. The second-order valence-electron chi connectivity index (χ2n) is 6.19. The number of nitrogens with one attached hydrogen (secondary N) is 2. The molecule has 0 saturated carbocycles. The van der Waals surface area contributed by atoms with Gasteiger partial charge in [-0.15, -0.1) is 11.3 Å².